The number of halogens is 1. The lowest BCUT2D eigenvalue weighted by molar-refractivity contribution is 0.101. The van der Waals surface area contributed by atoms with Crippen LogP contribution in [0.1, 0.15) is 31.8 Å². The molecule has 0 radical (unpaired) electrons. The Kier molecular flexibility index (Phi) is 8.23. The second-order valence-corrected chi connectivity index (χ2v) is 9.99. The molecule has 2 amide bonds. The van der Waals surface area contributed by atoms with Gasteiger partial charge in [0.1, 0.15) is 5.82 Å². The molecule has 1 aromatic heterocycles. The molecule has 0 bridgehead atoms. The van der Waals surface area contributed by atoms with Crippen LogP contribution in [0.5, 0.6) is 0 Å². The first-order valence-electron chi connectivity index (χ1n) is 13.2. The van der Waals surface area contributed by atoms with Crippen LogP contribution in [0.4, 0.5) is 16.0 Å². The number of nitrogens with zero attached hydrogens (tertiary/aromatic N) is 4. The Bertz CT molecular complexity index is 1520. The molecule has 2 heterocycles. The zero-order valence-electron chi connectivity index (χ0n) is 22.5. The topological polar surface area (TPSA) is 90.5 Å². The number of piperazine rings is 1. The van der Waals surface area contributed by atoms with Crippen LogP contribution in [0.2, 0.25) is 0 Å². The summed E-state index contributed by atoms with van der Waals surface area (Å²) in [5.41, 5.74) is 4.36. The first-order chi connectivity index (χ1) is 19.3. The Hall–Kier alpha value is -4.47. The van der Waals surface area contributed by atoms with Crippen LogP contribution < -0.4 is 10.6 Å². The normalized spacial score (nSPS) is 14.1. The van der Waals surface area contributed by atoms with E-state index in [1.54, 1.807) is 36.4 Å². The number of amides is 2. The molecule has 40 heavy (non-hydrogen) atoms. The van der Waals surface area contributed by atoms with E-state index in [0.717, 1.165) is 38.3 Å². The second-order valence-electron chi connectivity index (χ2n) is 9.99. The van der Waals surface area contributed by atoms with E-state index >= 15 is 0 Å². The molecule has 1 fully saturated rings. The molecule has 0 aliphatic carbocycles. The van der Waals surface area contributed by atoms with E-state index in [4.69, 9.17) is 0 Å². The summed E-state index contributed by atoms with van der Waals surface area (Å²) >= 11 is 0. The van der Waals surface area contributed by atoms with Gasteiger partial charge in [-0.1, -0.05) is 30.3 Å². The van der Waals surface area contributed by atoms with Crippen molar-refractivity contribution in [1.29, 1.82) is 0 Å². The Morgan fingerprint density at radius 3 is 2.42 bits per heavy atom. The Morgan fingerprint density at radius 2 is 1.68 bits per heavy atom. The number of rotatable bonds is 7. The van der Waals surface area contributed by atoms with Crippen LogP contribution in [-0.2, 0) is 6.54 Å². The molecule has 4 aromatic rings. The number of hydrogen-bond donors (Lipinski definition) is 2. The van der Waals surface area contributed by atoms with Gasteiger partial charge in [0.25, 0.3) is 11.8 Å². The fraction of sp³-hybridized carbons (Fsp3) is 0.226. The van der Waals surface area contributed by atoms with E-state index in [0.29, 0.717) is 28.1 Å². The van der Waals surface area contributed by atoms with E-state index in [9.17, 15) is 14.0 Å². The van der Waals surface area contributed by atoms with Crippen LogP contribution in [0.3, 0.4) is 0 Å². The summed E-state index contributed by atoms with van der Waals surface area (Å²) in [5.74, 6) is -0.958. The molecule has 1 saturated heterocycles. The molecule has 0 unspecified atom stereocenters. The van der Waals surface area contributed by atoms with Crippen molar-refractivity contribution < 1.29 is 14.0 Å². The predicted molar refractivity (Wildman–Crippen MR) is 154 cm³/mol. The summed E-state index contributed by atoms with van der Waals surface area (Å²) in [6, 6.07) is 20.5. The minimum absolute atomic E-state index is 0.0947. The molecule has 0 spiro atoms. The molecular formula is C31H31FN6O2. The van der Waals surface area contributed by atoms with Gasteiger partial charge in [-0.25, -0.2) is 14.4 Å². The minimum Gasteiger partial charge on any atom is -0.322 e. The van der Waals surface area contributed by atoms with E-state index in [1.165, 1.54) is 23.9 Å². The molecule has 0 saturated carbocycles. The van der Waals surface area contributed by atoms with Gasteiger partial charge in [-0.05, 0) is 67.6 Å². The van der Waals surface area contributed by atoms with Crippen molar-refractivity contribution in [2.45, 2.75) is 13.5 Å². The quantitative estimate of drug-likeness (QED) is 0.350. The van der Waals surface area contributed by atoms with Crippen molar-refractivity contribution in [3.05, 3.63) is 107 Å². The van der Waals surface area contributed by atoms with E-state index in [1.807, 2.05) is 31.2 Å². The van der Waals surface area contributed by atoms with E-state index < -0.39 is 5.91 Å². The Labute approximate surface area is 232 Å². The third-order valence-electron chi connectivity index (χ3n) is 6.96. The summed E-state index contributed by atoms with van der Waals surface area (Å²) in [4.78, 5) is 39.2. The highest BCUT2D eigenvalue weighted by Crippen LogP contribution is 2.21. The molecule has 8 nitrogen and oxygen atoms in total. The third-order valence-corrected chi connectivity index (χ3v) is 6.96. The summed E-state index contributed by atoms with van der Waals surface area (Å²) in [7, 11) is 2.14. The number of carbonyl (C=O) groups is 2. The Morgan fingerprint density at radius 1 is 0.900 bits per heavy atom. The van der Waals surface area contributed by atoms with Crippen LogP contribution >= 0.6 is 0 Å². The van der Waals surface area contributed by atoms with Crippen molar-refractivity contribution in [1.82, 2.24) is 19.8 Å². The molecule has 204 valence electrons. The fourth-order valence-electron chi connectivity index (χ4n) is 4.57. The lowest BCUT2D eigenvalue weighted by Gasteiger charge is -2.32. The zero-order chi connectivity index (χ0) is 28.1. The van der Waals surface area contributed by atoms with Crippen molar-refractivity contribution in [2.24, 2.45) is 0 Å². The van der Waals surface area contributed by atoms with Gasteiger partial charge in [-0.15, -0.1) is 0 Å². The number of anilines is 2. The predicted octanol–water partition coefficient (Wildman–Crippen LogP) is 4.84. The number of likely N-dealkylation sites (N-methyl/N-ethyl adjacent to an activating group) is 1. The van der Waals surface area contributed by atoms with E-state index in [-0.39, 0.29) is 17.7 Å². The van der Waals surface area contributed by atoms with Crippen molar-refractivity contribution in [2.75, 3.05) is 43.9 Å². The molecule has 3 aromatic carbocycles. The largest absolute Gasteiger partial charge is 0.322 e. The highest BCUT2D eigenvalue weighted by molar-refractivity contribution is 6.07. The number of aromatic nitrogens is 2. The van der Waals surface area contributed by atoms with E-state index in [2.05, 4.69) is 37.4 Å². The average Bonchev–Trinajstić information content (AvgIpc) is 2.96. The molecule has 1 aliphatic heterocycles. The Balaban J connectivity index is 1.23. The SMILES string of the molecule is Cc1ccc(NC(=O)c2ccc(CN3CCN(C)CC3)cc2)cc1C(=O)Nc1nccc(-c2cccc(F)c2)n1. The number of carbonyl (C=O) groups excluding carboxylic acids is 2. The van der Waals surface area contributed by atoms with Crippen LogP contribution in [0.15, 0.2) is 79.0 Å². The lowest BCUT2D eigenvalue weighted by Crippen LogP contribution is -2.43. The maximum absolute atomic E-state index is 13.6. The maximum Gasteiger partial charge on any atom is 0.258 e. The first-order valence-corrected chi connectivity index (χ1v) is 13.2. The highest BCUT2D eigenvalue weighted by Gasteiger charge is 2.16. The summed E-state index contributed by atoms with van der Waals surface area (Å²) < 4.78 is 13.6. The molecule has 2 N–H and O–H groups in total. The lowest BCUT2D eigenvalue weighted by atomic mass is 10.1. The van der Waals surface area contributed by atoms with Gasteiger partial charge < -0.3 is 10.2 Å². The van der Waals surface area contributed by atoms with Crippen molar-refractivity contribution in [3.63, 3.8) is 0 Å². The molecule has 1 aliphatic rings. The van der Waals surface area contributed by atoms with Gasteiger partial charge in [-0.2, -0.15) is 0 Å². The van der Waals surface area contributed by atoms with Gasteiger partial charge >= 0.3 is 0 Å². The van der Waals surface area contributed by atoms with Crippen molar-refractivity contribution in [3.8, 4) is 11.3 Å². The maximum atomic E-state index is 13.6. The standard InChI is InChI=1S/C31H31FN6O2/c1-21-6-11-26(34-29(39)23-9-7-22(8-10-23)20-38-16-14-37(2)15-17-38)19-27(21)30(40)36-31-33-13-12-28(35-31)24-4-3-5-25(32)18-24/h3-13,18-19H,14-17,20H2,1-2H3,(H,34,39)(H,33,35,36,40). The third kappa shape index (κ3) is 6.74. The number of aryl methyl sites for hydroxylation is 1. The average molecular weight is 539 g/mol. The first kappa shape index (κ1) is 27.1. The van der Waals surface area contributed by atoms with Gasteiger partial charge in [0.2, 0.25) is 5.95 Å². The molecule has 0 atom stereocenters. The smallest absolute Gasteiger partial charge is 0.258 e. The molecule has 5 rings (SSSR count). The van der Waals surface area contributed by atoms with Crippen LogP contribution in [-0.4, -0.2) is 64.8 Å². The summed E-state index contributed by atoms with van der Waals surface area (Å²) in [5, 5.41) is 5.59. The second kappa shape index (κ2) is 12.1. The van der Waals surface area contributed by atoms with Gasteiger partial charge in [0, 0.05) is 61.3 Å². The minimum atomic E-state index is -0.418. The molecular weight excluding hydrogens is 507 g/mol. The number of nitrogens with one attached hydrogen (secondary N) is 2. The monoisotopic (exact) mass is 538 g/mol. The summed E-state index contributed by atoms with van der Waals surface area (Å²) in [6.07, 6.45) is 1.50. The number of benzene rings is 3. The van der Waals surface area contributed by atoms with Gasteiger partial charge in [0.15, 0.2) is 0 Å². The van der Waals surface area contributed by atoms with Gasteiger partial charge in [-0.3, -0.25) is 19.8 Å². The molecule has 9 heteroatoms. The summed E-state index contributed by atoms with van der Waals surface area (Å²) in [6.45, 7) is 6.86. The fourth-order valence-corrected chi connectivity index (χ4v) is 4.57. The van der Waals surface area contributed by atoms with Crippen LogP contribution in [0.25, 0.3) is 11.3 Å². The van der Waals surface area contributed by atoms with Crippen LogP contribution in [0, 0.1) is 12.7 Å². The zero-order valence-corrected chi connectivity index (χ0v) is 22.5. The number of hydrogen-bond acceptors (Lipinski definition) is 6. The highest BCUT2D eigenvalue weighted by atomic mass is 19.1. The van der Waals surface area contributed by atoms with Gasteiger partial charge in [0.05, 0.1) is 5.69 Å². The van der Waals surface area contributed by atoms with Crippen molar-refractivity contribution >= 4 is 23.5 Å².